The van der Waals surface area contributed by atoms with Crippen LogP contribution in [0.4, 0.5) is 0 Å². The molecule has 66 valence electrons. The van der Waals surface area contributed by atoms with Crippen LogP contribution in [0.25, 0.3) is 0 Å². The van der Waals surface area contributed by atoms with Gasteiger partial charge < -0.3 is 10.2 Å². The highest BCUT2D eigenvalue weighted by Crippen LogP contribution is 2.25. The van der Waals surface area contributed by atoms with Crippen LogP contribution in [0.3, 0.4) is 0 Å². The number of carbonyl (C=O) groups is 1. The van der Waals surface area contributed by atoms with Crippen LogP contribution in [0.5, 0.6) is 0 Å². The molecule has 0 unspecified atom stereocenters. The molecule has 0 fully saturated rings. The topological polar surface area (TPSA) is 57.5 Å². The SMILES string of the molecule is CC(=O)[C@]1(O)C=CC(I)=C[C@@H]1O. The lowest BCUT2D eigenvalue weighted by Crippen LogP contribution is -2.46. The largest absolute Gasteiger partial charge is 0.385 e. The molecule has 1 aliphatic carbocycles. The summed E-state index contributed by atoms with van der Waals surface area (Å²) in [4.78, 5) is 10.9. The highest BCUT2D eigenvalue weighted by Gasteiger charge is 2.38. The summed E-state index contributed by atoms with van der Waals surface area (Å²) in [6.45, 7) is 1.25. The fraction of sp³-hybridized carbons (Fsp3) is 0.375. The van der Waals surface area contributed by atoms with Crippen molar-refractivity contribution in [3.63, 3.8) is 0 Å². The maximum atomic E-state index is 10.9. The number of carbonyl (C=O) groups excluding carboxylic acids is 1. The van der Waals surface area contributed by atoms with Gasteiger partial charge in [-0.1, -0.05) is 0 Å². The highest BCUT2D eigenvalue weighted by atomic mass is 127. The van der Waals surface area contributed by atoms with E-state index in [0.29, 0.717) is 0 Å². The third kappa shape index (κ3) is 1.60. The van der Waals surface area contributed by atoms with Crippen molar-refractivity contribution in [2.45, 2.75) is 18.6 Å². The molecular formula is C8H9IO3. The number of halogens is 1. The van der Waals surface area contributed by atoms with Gasteiger partial charge in [-0.05, 0) is 47.7 Å². The van der Waals surface area contributed by atoms with Crippen molar-refractivity contribution in [2.24, 2.45) is 0 Å². The monoisotopic (exact) mass is 280 g/mol. The second kappa shape index (κ2) is 3.27. The Balaban J connectivity index is 2.99. The Bertz CT molecular complexity index is 269. The molecule has 0 aromatic rings. The first-order chi connectivity index (χ1) is 5.47. The van der Waals surface area contributed by atoms with E-state index in [9.17, 15) is 15.0 Å². The van der Waals surface area contributed by atoms with Gasteiger partial charge >= 0.3 is 0 Å². The molecule has 1 aliphatic rings. The molecule has 0 aromatic heterocycles. The van der Waals surface area contributed by atoms with E-state index in [0.717, 1.165) is 3.58 Å². The van der Waals surface area contributed by atoms with E-state index in [-0.39, 0.29) is 0 Å². The summed E-state index contributed by atoms with van der Waals surface area (Å²) in [7, 11) is 0. The van der Waals surface area contributed by atoms with Crippen LogP contribution in [0.1, 0.15) is 6.92 Å². The standard InChI is InChI=1S/C8H9IO3/c1-5(10)8(12)3-2-6(9)4-7(8)11/h2-4,7,11-12H,1H3/t7-,8+/m0/s1. The zero-order chi connectivity index (χ0) is 9.35. The summed E-state index contributed by atoms with van der Waals surface area (Å²) < 4.78 is 0.811. The van der Waals surface area contributed by atoms with Crippen molar-refractivity contribution < 1.29 is 15.0 Å². The van der Waals surface area contributed by atoms with E-state index < -0.39 is 17.5 Å². The van der Waals surface area contributed by atoms with Crippen LogP contribution < -0.4 is 0 Å². The van der Waals surface area contributed by atoms with Crippen LogP contribution >= 0.6 is 22.6 Å². The van der Waals surface area contributed by atoms with Crippen LogP contribution in [-0.4, -0.2) is 27.7 Å². The van der Waals surface area contributed by atoms with Crippen molar-refractivity contribution >= 4 is 28.4 Å². The maximum absolute atomic E-state index is 10.9. The Labute approximate surface area is 83.9 Å². The minimum absolute atomic E-state index is 0.452. The van der Waals surface area contributed by atoms with Gasteiger partial charge in [-0.15, -0.1) is 0 Å². The fourth-order valence-electron chi connectivity index (χ4n) is 0.964. The first-order valence-corrected chi connectivity index (χ1v) is 4.53. The zero-order valence-electron chi connectivity index (χ0n) is 6.49. The van der Waals surface area contributed by atoms with Crippen molar-refractivity contribution in [2.75, 3.05) is 0 Å². The molecule has 0 radical (unpaired) electrons. The van der Waals surface area contributed by atoms with Gasteiger partial charge in [0.05, 0.1) is 0 Å². The molecule has 2 atom stereocenters. The first kappa shape index (κ1) is 9.88. The van der Waals surface area contributed by atoms with Gasteiger partial charge in [0.15, 0.2) is 11.4 Å². The first-order valence-electron chi connectivity index (χ1n) is 3.45. The Kier molecular flexibility index (Phi) is 2.70. The van der Waals surface area contributed by atoms with E-state index in [1.165, 1.54) is 19.1 Å². The summed E-state index contributed by atoms with van der Waals surface area (Å²) in [5.41, 5.74) is -1.73. The number of Topliss-reactive ketones (excluding diaryl/α,β-unsaturated/α-hetero) is 1. The third-order valence-corrected chi connectivity index (χ3v) is 2.55. The number of rotatable bonds is 1. The Morgan fingerprint density at radius 3 is 2.75 bits per heavy atom. The Hall–Kier alpha value is -0.200. The summed E-state index contributed by atoms with van der Waals surface area (Å²) >= 11 is 2.00. The third-order valence-electron chi connectivity index (χ3n) is 1.83. The number of allylic oxidation sites excluding steroid dienone is 2. The van der Waals surface area contributed by atoms with Gasteiger partial charge in [-0.25, -0.2) is 0 Å². The second-order valence-corrected chi connectivity index (χ2v) is 3.96. The Morgan fingerprint density at radius 1 is 1.75 bits per heavy atom. The summed E-state index contributed by atoms with van der Waals surface area (Å²) in [6.07, 6.45) is 3.24. The van der Waals surface area contributed by atoms with E-state index in [1.807, 2.05) is 22.6 Å². The molecule has 0 heterocycles. The van der Waals surface area contributed by atoms with Crippen LogP contribution in [0.2, 0.25) is 0 Å². The lowest BCUT2D eigenvalue weighted by molar-refractivity contribution is -0.137. The number of aliphatic hydroxyl groups excluding tert-OH is 1. The van der Waals surface area contributed by atoms with Crippen LogP contribution in [-0.2, 0) is 4.79 Å². The number of hydrogen-bond donors (Lipinski definition) is 2. The summed E-state index contributed by atoms with van der Waals surface area (Å²) in [5.74, 6) is -0.452. The van der Waals surface area contributed by atoms with Crippen molar-refractivity contribution in [1.29, 1.82) is 0 Å². The highest BCUT2D eigenvalue weighted by molar-refractivity contribution is 14.1. The maximum Gasteiger partial charge on any atom is 0.170 e. The molecule has 0 saturated heterocycles. The van der Waals surface area contributed by atoms with Crippen LogP contribution in [0, 0.1) is 0 Å². The molecule has 0 spiro atoms. The zero-order valence-corrected chi connectivity index (χ0v) is 8.65. The Morgan fingerprint density at radius 2 is 2.33 bits per heavy atom. The summed E-state index contributed by atoms with van der Waals surface area (Å²) in [5, 5.41) is 19.0. The molecule has 1 rings (SSSR count). The van der Waals surface area contributed by atoms with Crippen molar-refractivity contribution in [3.8, 4) is 0 Å². The van der Waals surface area contributed by atoms with E-state index >= 15 is 0 Å². The minimum atomic E-state index is -1.73. The van der Waals surface area contributed by atoms with Gasteiger partial charge in [-0.2, -0.15) is 0 Å². The van der Waals surface area contributed by atoms with E-state index in [1.54, 1.807) is 6.08 Å². The average molecular weight is 280 g/mol. The van der Waals surface area contributed by atoms with Gasteiger partial charge in [0, 0.05) is 3.58 Å². The minimum Gasteiger partial charge on any atom is -0.385 e. The molecule has 3 nitrogen and oxygen atoms in total. The van der Waals surface area contributed by atoms with E-state index in [4.69, 9.17) is 0 Å². The van der Waals surface area contributed by atoms with Gasteiger partial charge in [0.2, 0.25) is 0 Å². The van der Waals surface area contributed by atoms with Gasteiger partial charge in [-0.3, -0.25) is 4.79 Å². The molecule has 0 aliphatic heterocycles. The van der Waals surface area contributed by atoms with Gasteiger partial charge in [0.25, 0.3) is 0 Å². The number of ketones is 1. The van der Waals surface area contributed by atoms with Gasteiger partial charge in [0.1, 0.15) is 6.10 Å². The molecule has 0 bridgehead atoms. The predicted octanol–water partition coefficient (Wildman–Crippen LogP) is 0.556. The molecule has 0 amide bonds. The summed E-state index contributed by atoms with van der Waals surface area (Å²) in [6, 6.07) is 0. The molecule has 0 aromatic carbocycles. The second-order valence-electron chi connectivity index (χ2n) is 2.71. The quantitative estimate of drug-likeness (QED) is 0.690. The smallest absolute Gasteiger partial charge is 0.170 e. The van der Waals surface area contributed by atoms with Crippen molar-refractivity contribution in [3.05, 3.63) is 21.8 Å². The molecule has 0 saturated carbocycles. The normalized spacial score (nSPS) is 34.7. The van der Waals surface area contributed by atoms with E-state index in [2.05, 4.69) is 0 Å². The fourth-order valence-corrected chi connectivity index (χ4v) is 1.48. The molecule has 2 N–H and O–H groups in total. The molecular weight excluding hydrogens is 271 g/mol. The average Bonchev–Trinajstić information content (AvgIpc) is 1.97. The molecule has 4 heteroatoms. The lowest BCUT2D eigenvalue weighted by Gasteiger charge is -2.27. The predicted molar refractivity (Wildman–Crippen MR) is 52.9 cm³/mol. The number of hydrogen-bond acceptors (Lipinski definition) is 3. The van der Waals surface area contributed by atoms with Crippen molar-refractivity contribution in [1.82, 2.24) is 0 Å². The molecule has 12 heavy (non-hydrogen) atoms. The number of aliphatic hydroxyl groups is 2. The van der Waals surface area contributed by atoms with Crippen LogP contribution in [0.15, 0.2) is 21.8 Å². The lowest BCUT2D eigenvalue weighted by atomic mass is 9.89.